The molecule has 12 N–H and O–H groups in total. The molecule has 4 saturated heterocycles. The van der Waals surface area contributed by atoms with E-state index in [9.17, 15) is 47.9 Å². The molecule has 4 fully saturated rings. The maximum atomic E-state index is 13.8. The summed E-state index contributed by atoms with van der Waals surface area (Å²) in [6, 6.07) is 34.8. The monoisotopic (exact) mass is 1830 g/mol. The molecule has 0 spiro atoms. The number of rotatable bonds is 35. The summed E-state index contributed by atoms with van der Waals surface area (Å²) in [4.78, 5) is 142. The molecule has 5 aromatic carbocycles. The Labute approximate surface area is 790 Å². The number of hydrogen-bond donors (Lipinski definition) is 11. The third-order valence-corrected chi connectivity index (χ3v) is 25.8. The third kappa shape index (κ3) is 34.6. The summed E-state index contributed by atoms with van der Waals surface area (Å²) in [7, 11) is 6.93. The van der Waals surface area contributed by atoms with Gasteiger partial charge < -0.3 is 93.0 Å². The molecule has 4 heterocycles. The fourth-order valence-electron chi connectivity index (χ4n) is 16.8. The van der Waals surface area contributed by atoms with Crippen molar-refractivity contribution in [2.24, 2.45) is 38.2 Å². The maximum Gasteiger partial charge on any atom is 0.410 e. The molecule has 12 atom stereocenters. The standard InChI is InChI=1S/C29H48N4O4.C28H41N5O3.C26H38N4O2.C21H42N4O2/c1-21(30-8)25(34)31-24(29(5,6)7)26(35)33-17-12-15-23(33)19-32(18-16-28(2,3)4)27(36)37-20-22-13-10-9-11-14-22;1-19(30-5)26(35)31-25(28(2,3)4)27(36)33-15-9-13-22(33)18-32(24(34)16-29)17-21-12-8-11-20-10-6-7-14-23(20)21;1-18(27-5)24(31)29-23(26(2,3)4)25(32)30-15-9-13-21(30)17-28-16-20-12-8-11-19-10-6-7-14-22(19)20;1-15(22-8)18(26)24-17(21(5,6)7)19(27)25-13-9-10-16(25)14-23-12-11-20(2,3)4/h9-11,13-14,21,23-24,30H,12,15-20H2,1-8H3,(H,31,34);6-8,10-12,14,19,22,25,30H,9,13,15-18,29H2,1-5H3,(H,31,35);6-8,10-12,14,18,21,23,27-28H,9,13,15-17H2,1-5H3,(H,29,31);15-17,22-23H,9-14H2,1-8H3,(H,24,26)/t21-,23-,24+;19-,22-,25+;18-,21-,23+;15-,16-,17+/m0000/s1. The Morgan fingerprint density at radius 1 is 0.402 bits per heavy atom. The lowest BCUT2D eigenvalue weighted by molar-refractivity contribution is -0.142. The minimum absolute atomic E-state index is 0.0172. The van der Waals surface area contributed by atoms with Crippen LogP contribution in [0, 0.1) is 32.5 Å². The van der Waals surface area contributed by atoms with Crippen molar-refractivity contribution in [2.75, 3.05) is 100 Å². The zero-order valence-corrected chi connectivity index (χ0v) is 85.1. The molecular weight excluding hydrogens is 1660 g/mol. The van der Waals surface area contributed by atoms with Crippen molar-refractivity contribution in [3.05, 3.63) is 132 Å². The van der Waals surface area contributed by atoms with Crippen LogP contribution in [0.3, 0.4) is 0 Å². The molecule has 132 heavy (non-hydrogen) atoms. The summed E-state index contributed by atoms with van der Waals surface area (Å²) in [6.45, 7) is 52.0. The normalized spacial score (nSPS) is 18.4. The fourth-order valence-corrected chi connectivity index (χ4v) is 16.8. The molecule has 28 nitrogen and oxygen atoms in total. The van der Waals surface area contributed by atoms with Gasteiger partial charge in [0.2, 0.25) is 53.2 Å². The summed E-state index contributed by atoms with van der Waals surface area (Å²) in [5.41, 5.74) is 7.74. The zero-order valence-electron chi connectivity index (χ0n) is 85.1. The van der Waals surface area contributed by atoms with E-state index < -0.39 is 47.1 Å². The molecule has 28 heteroatoms. The second-order valence-corrected chi connectivity index (χ2v) is 43.3. The number of likely N-dealkylation sites (N-methyl/N-ethyl adjacent to an activating group) is 4. The smallest absolute Gasteiger partial charge is 0.410 e. The van der Waals surface area contributed by atoms with Gasteiger partial charge >= 0.3 is 6.09 Å². The van der Waals surface area contributed by atoms with Crippen LogP contribution in [0.2, 0.25) is 0 Å². The van der Waals surface area contributed by atoms with Gasteiger partial charge in [-0.05, 0) is 197 Å². The van der Waals surface area contributed by atoms with Gasteiger partial charge in [0.1, 0.15) is 30.8 Å². The topological polar surface area (TPSA) is 346 Å². The van der Waals surface area contributed by atoms with Crippen LogP contribution in [0.15, 0.2) is 115 Å². The first-order valence-corrected chi connectivity index (χ1v) is 48.3. The maximum absolute atomic E-state index is 13.8. The van der Waals surface area contributed by atoms with Crippen molar-refractivity contribution in [1.29, 1.82) is 0 Å². The number of hydrogen-bond acceptors (Lipinski definition) is 18. The molecule has 10 amide bonds. The van der Waals surface area contributed by atoms with Gasteiger partial charge in [-0.1, -0.05) is 240 Å². The molecular formula is C104H169N17O11. The van der Waals surface area contributed by atoms with E-state index in [1.54, 1.807) is 65.7 Å². The highest BCUT2D eigenvalue weighted by atomic mass is 16.6. The highest BCUT2D eigenvalue weighted by molar-refractivity contribution is 5.94. The van der Waals surface area contributed by atoms with Gasteiger partial charge in [-0.25, -0.2) is 4.79 Å². The number of likely N-dealkylation sites (tertiary alicyclic amines) is 4. The average Bonchev–Trinajstić information content (AvgIpc) is 1.42. The van der Waals surface area contributed by atoms with Gasteiger partial charge in [-0.2, -0.15) is 0 Å². The molecule has 0 aliphatic carbocycles. The Bertz CT molecular complexity index is 4500. The van der Waals surface area contributed by atoms with E-state index in [4.69, 9.17) is 10.5 Å². The van der Waals surface area contributed by atoms with Crippen LogP contribution in [0.1, 0.15) is 233 Å². The summed E-state index contributed by atoms with van der Waals surface area (Å²) in [5, 5.41) is 35.5. The van der Waals surface area contributed by atoms with E-state index in [1.807, 2.05) is 157 Å². The molecule has 0 bridgehead atoms. The van der Waals surface area contributed by atoms with Crippen molar-refractivity contribution in [3.8, 4) is 0 Å². The quantitative estimate of drug-likeness (QED) is 0.0168. The molecule has 4 aliphatic heterocycles. The number of amides is 10. The number of benzene rings is 5. The molecule has 5 aromatic rings. The van der Waals surface area contributed by atoms with E-state index >= 15 is 0 Å². The van der Waals surface area contributed by atoms with Crippen LogP contribution in [0.4, 0.5) is 4.79 Å². The predicted molar refractivity (Wildman–Crippen MR) is 532 cm³/mol. The summed E-state index contributed by atoms with van der Waals surface area (Å²) in [6.07, 6.45) is 8.89. The summed E-state index contributed by atoms with van der Waals surface area (Å²) >= 11 is 0. The fraction of sp³-hybridized carbons (Fsp3) is 0.654. The molecule has 736 valence electrons. The van der Waals surface area contributed by atoms with E-state index in [0.29, 0.717) is 44.7 Å². The molecule has 0 unspecified atom stereocenters. The van der Waals surface area contributed by atoms with Gasteiger partial charge in [0.25, 0.3) is 0 Å². The first kappa shape index (κ1) is 112. The van der Waals surface area contributed by atoms with Crippen LogP contribution in [-0.4, -0.2) is 261 Å². The van der Waals surface area contributed by atoms with Crippen LogP contribution in [0.5, 0.6) is 0 Å². The number of carbonyl (C=O) groups excluding carboxylic acids is 10. The van der Waals surface area contributed by atoms with Gasteiger partial charge in [-0.15, -0.1) is 0 Å². The number of ether oxygens (including phenoxy) is 1. The van der Waals surface area contributed by atoms with Crippen molar-refractivity contribution >= 4 is 80.8 Å². The second-order valence-electron chi connectivity index (χ2n) is 43.3. The minimum atomic E-state index is -0.668. The Morgan fingerprint density at radius 3 is 1.09 bits per heavy atom. The SMILES string of the molecule is CN[C@@H](C)C(=O)N[C@H](C(=O)N1CCC[C@H]1CN(CCC(C)(C)C)C(=O)OCc1ccccc1)C(C)(C)C.CN[C@@H](C)C(=O)N[C@H](C(=O)N1CCC[C@H]1CN(Cc1cccc2ccccc12)C(=O)CN)C(C)(C)C.CN[C@@H](C)C(=O)N[C@H](C(=O)N1CCC[C@H]1CNCCC(C)(C)C)C(C)(C)C.CN[C@@H](C)C(=O)N[C@H](C(=O)N1CCC[C@H]1CNCc1cccc2ccccc12)C(C)(C)C. The Morgan fingerprint density at radius 2 is 0.727 bits per heavy atom. The highest BCUT2D eigenvalue weighted by Gasteiger charge is 2.46. The van der Waals surface area contributed by atoms with E-state index in [1.165, 1.54) is 16.3 Å². The van der Waals surface area contributed by atoms with Gasteiger partial charge in [0.15, 0.2) is 0 Å². The largest absolute Gasteiger partial charge is 0.445 e. The van der Waals surface area contributed by atoms with Crippen LogP contribution >= 0.6 is 0 Å². The van der Waals surface area contributed by atoms with Crippen molar-refractivity contribution in [2.45, 2.75) is 309 Å². The first-order valence-electron chi connectivity index (χ1n) is 48.3. The van der Waals surface area contributed by atoms with Crippen LogP contribution < -0.4 is 58.9 Å². The van der Waals surface area contributed by atoms with Crippen LogP contribution in [-0.2, 0) is 67.6 Å². The lowest BCUT2D eigenvalue weighted by Gasteiger charge is -2.37. The minimum Gasteiger partial charge on any atom is -0.445 e. The molecule has 9 rings (SSSR count). The molecule has 0 saturated carbocycles. The Hall–Kier alpha value is -9.16. The molecule has 0 radical (unpaired) electrons. The van der Waals surface area contributed by atoms with E-state index in [0.717, 1.165) is 125 Å². The number of nitrogens with two attached hydrogens (primary N) is 1. The summed E-state index contributed by atoms with van der Waals surface area (Å²) < 4.78 is 5.67. The highest BCUT2D eigenvalue weighted by Crippen LogP contribution is 2.33. The van der Waals surface area contributed by atoms with Crippen molar-refractivity contribution in [3.63, 3.8) is 0 Å². The van der Waals surface area contributed by atoms with E-state index in [2.05, 4.69) is 155 Å². The first-order chi connectivity index (χ1) is 61.9. The third-order valence-electron chi connectivity index (χ3n) is 25.8. The number of nitrogens with zero attached hydrogens (tertiary/aromatic N) is 6. The number of fused-ring (bicyclic) bond motifs is 2. The second kappa shape index (κ2) is 51.5. The van der Waals surface area contributed by atoms with Gasteiger partial charge in [0, 0.05) is 96.2 Å². The van der Waals surface area contributed by atoms with Crippen LogP contribution in [0.25, 0.3) is 21.5 Å². The number of nitrogens with one attached hydrogen (secondary N) is 10. The Kier molecular flexibility index (Phi) is 43.5. The molecule has 0 aromatic heterocycles. The van der Waals surface area contributed by atoms with Crippen molar-refractivity contribution < 1.29 is 52.7 Å². The molecule has 4 aliphatic rings. The lowest BCUT2D eigenvalue weighted by Crippen LogP contribution is -2.59. The number of carbonyl (C=O) groups is 10. The van der Waals surface area contributed by atoms with E-state index in [-0.39, 0.29) is 125 Å². The lowest BCUT2D eigenvalue weighted by atomic mass is 9.85. The van der Waals surface area contributed by atoms with Crippen molar-refractivity contribution in [1.82, 2.24) is 82.6 Å². The Balaban J connectivity index is 0.000000273. The average molecular weight is 1830 g/mol. The zero-order chi connectivity index (χ0) is 98.4. The predicted octanol–water partition coefficient (Wildman–Crippen LogP) is 11.6. The summed E-state index contributed by atoms with van der Waals surface area (Å²) in [5.74, 6) is -0.990. The van der Waals surface area contributed by atoms with Gasteiger partial charge in [-0.3, -0.25) is 43.2 Å². The van der Waals surface area contributed by atoms with Gasteiger partial charge in [0.05, 0.1) is 30.7 Å².